The van der Waals surface area contributed by atoms with Crippen molar-refractivity contribution in [3.63, 3.8) is 0 Å². The summed E-state index contributed by atoms with van der Waals surface area (Å²) in [4.78, 5) is 3.08. The zero-order chi connectivity index (χ0) is 13.7. The number of nitrogens with one attached hydrogen (secondary N) is 3. The molecule has 0 radical (unpaired) electrons. The van der Waals surface area contributed by atoms with Crippen LogP contribution in [-0.2, 0) is 0 Å². The summed E-state index contributed by atoms with van der Waals surface area (Å²) in [6, 6.07) is 11.6. The molecule has 0 spiro atoms. The van der Waals surface area contributed by atoms with E-state index in [4.69, 9.17) is 12.2 Å². The van der Waals surface area contributed by atoms with Crippen LogP contribution in [0.2, 0.25) is 0 Å². The van der Waals surface area contributed by atoms with Crippen molar-refractivity contribution in [2.75, 3.05) is 5.32 Å². The molecule has 1 heterocycles. The fourth-order valence-corrected chi connectivity index (χ4v) is 2.04. The third-order valence-corrected chi connectivity index (χ3v) is 3.08. The minimum absolute atomic E-state index is 0.448. The maximum absolute atomic E-state index is 5.17. The van der Waals surface area contributed by atoms with Crippen molar-refractivity contribution in [2.45, 2.75) is 6.92 Å². The Labute approximate surface area is 125 Å². The molecule has 6 heteroatoms. The number of anilines is 1. The standard InChI is InChI=1S/C13H13BrN4S/c1-9(12-6-3-7-15-12)17-18-13(19)16-11-5-2-4-10(14)8-11/h2-8,15H,1H3,(H2,16,18,19)/b17-9+. The molecule has 19 heavy (non-hydrogen) atoms. The van der Waals surface area contributed by atoms with Crippen LogP contribution >= 0.6 is 28.1 Å². The number of hydrogen-bond acceptors (Lipinski definition) is 2. The van der Waals surface area contributed by atoms with Crippen molar-refractivity contribution in [3.8, 4) is 0 Å². The van der Waals surface area contributed by atoms with E-state index in [9.17, 15) is 0 Å². The molecule has 0 saturated carbocycles. The first-order chi connectivity index (χ1) is 9.15. The largest absolute Gasteiger partial charge is 0.360 e. The zero-order valence-electron chi connectivity index (χ0n) is 10.3. The Morgan fingerprint density at radius 1 is 1.32 bits per heavy atom. The number of thiocarbonyl (C=S) groups is 1. The Morgan fingerprint density at radius 2 is 2.16 bits per heavy atom. The monoisotopic (exact) mass is 336 g/mol. The molecule has 1 aromatic heterocycles. The van der Waals surface area contributed by atoms with Crippen molar-refractivity contribution in [1.29, 1.82) is 0 Å². The van der Waals surface area contributed by atoms with Gasteiger partial charge in [-0.2, -0.15) is 5.10 Å². The predicted octanol–water partition coefficient (Wildman–Crippen LogP) is 3.49. The van der Waals surface area contributed by atoms with E-state index in [1.54, 1.807) is 0 Å². The summed E-state index contributed by atoms with van der Waals surface area (Å²) in [5.74, 6) is 0. The highest BCUT2D eigenvalue weighted by atomic mass is 79.9. The van der Waals surface area contributed by atoms with Gasteiger partial charge in [-0.3, -0.25) is 5.43 Å². The molecule has 1 aromatic carbocycles. The lowest BCUT2D eigenvalue weighted by Crippen LogP contribution is -2.25. The molecule has 0 aliphatic heterocycles. The first-order valence-electron chi connectivity index (χ1n) is 5.66. The number of H-pyrrole nitrogens is 1. The highest BCUT2D eigenvalue weighted by molar-refractivity contribution is 9.10. The Morgan fingerprint density at radius 3 is 2.84 bits per heavy atom. The van der Waals surface area contributed by atoms with Gasteiger partial charge in [0.15, 0.2) is 5.11 Å². The van der Waals surface area contributed by atoms with Crippen LogP contribution in [0.15, 0.2) is 52.2 Å². The number of aromatic amines is 1. The summed E-state index contributed by atoms with van der Waals surface area (Å²) >= 11 is 8.58. The summed E-state index contributed by atoms with van der Waals surface area (Å²) < 4.78 is 0.992. The Balaban J connectivity index is 1.93. The van der Waals surface area contributed by atoms with Gasteiger partial charge in [0.1, 0.15) is 0 Å². The average Bonchev–Trinajstić information content (AvgIpc) is 2.90. The number of rotatable bonds is 3. The molecule has 0 aliphatic rings. The van der Waals surface area contributed by atoms with Gasteiger partial charge < -0.3 is 10.3 Å². The van der Waals surface area contributed by atoms with E-state index in [2.05, 4.69) is 36.8 Å². The first kappa shape index (κ1) is 13.8. The molecule has 0 atom stereocenters. The van der Waals surface area contributed by atoms with Gasteiger partial charge >= 0.3 is 0 Å². The molecular formula is C13H13BrN4S. The zero-order valence-corrected chi connectivity index (χ0v) is 12.7. The van der Waals surface area contributed by atoms with Crippen molar-refractivity contribution in [1.82, 2.24) is 10.4 Å². The summed E-state index contributed by atoms with van der Waals surface area (Å²) in [7, 11) is 0. The molecule has 0 fully saturated rings. The lowest BCUT2D eigenvalue weighted by molar-refractivity contribution is 1.03. The minimum atomic E-state index is 0.448. The fraction of sp³-hybridized carbons (Fsp3) is 0.0769. The quantitative estimate of drug-likeness (QED) is 0.457. The summed E-state index contributed by atoms with van der Waals surface area (Å²) in [5, 5.41) is 7.71. The van der Waals surface area contributed by atoms with Crippen LogP contribution in [0.5, 0.6) is 0 Å². The van der Waals surface area contributed by atoms with Crippen LogP contribution < -0.4 is 10.7 Å². The molecule has 2 rings (SSSR count). The fourth-order valence-electron chi connectivity index (χ4n) is 1.48. The topological polar surface area (TPSA) is 52.2 Å². The van der Waals surface area contributed by atoms with Crippen LogP contribution in [0.4, 0.5) is 5.69 Å². The number of hydrogen-bond donors (Lipinski definition) is 3. The second kappa shape index (κ2) is 6.49. The van der Waals surface area contributed by atoms with Gasteiger partial charge in [-0.25, -0.2) is 0 Å². The van der Waals surface area contributed by atoms with E-state index >= 15 is 0 Å². The normalized spacial score (nSPS) is 11.2. The lowest BCUT2D eigenvalue weighted by Gasteiger charge is -2.07. The minimum Gasteiger partial charge on any atom is -0.360 e. The molecule has 0 unspecified atom stereocenters. The number of halogens is 1. The highest BCUT2D eigenvalue weighted by Gasteiger charge is 1.99. The third-order valence-electron chi connectivity index (χ3n) is 2.40. The number of benzene rings is 1. The van der Waals surface area contributed by atoms with Crippen molar-refractivity contribution >= 4 is 44.7 Å². The molecule has 0 aliphatic carbocycles. The summed E-state index contributed by atoms with van der Waals surface area (Å²) in [6.45, 7) is 1.90. The van der Waals surface area contributed by atoms with Crippen LogP contribution in [0, 0.1) is 0 Å². The Bertz CT molecular complexity index is 592. The van der Waals surface area contributed by atoms with E-state index in [0.717, 1.165) is 21.6 Å². The van der Waals surface area contributed by atoms with Crippen LogP contribution in [0.3, 0.4) is 0 Å². The predicted molar refractivity (Wildman–Crippen MR) is 86.5 cm³/mol. The van der Waals surface area contributed by atoms with Gasteiger partial charge in [0.2, 0.25) is 0 Å². The molecule has 98 valence electrons. The molecule has 0 amide bonds. The van der Waals surface area contributed by atoms with E-state index in [1.807, 2.05) is 49.5 Å². The van der Waals surface area contributed by atoms with E-state index in [0.29, 0.717) is 5.11 Å². The van der Waals surface area contributed by atoms with Crippen molar-refractivity contribution in [2.24, 2.45) is 5.10 Å². The second-order valence-corrected chi connectivity index (χ2v) is 5.18. The van der Waals surface area contributed by atoms with Crippen molar-refractivity contribution in [3.05, 3.63) is 52.8 Å². The van der Waals surface area contributed by atoms with Gasteiger partial charge in [-0.1, -0.05) is 22.0 Å². The Hall–Kier alpha value is -1.66. The Kier molecular flexibility index (Phi) is 4.70. The molecule has 0 bridgehead atoms. The summed E-state index contributed by atoms with van der Waals surface area (Å²) in [5.41, 5.74) is 5.51. The van der Waals surface area contributed by atoms with Gasteiger partial charge in [0.05, 0.1) is 11.4 Å². The van der Waals surface area contributed by atoms with E-state index < -0.39 is 0 Å². The molecular weight excluding hydrogens is 324 g/mol. The lowest BCUT2D eigenvalue weighted by atomic mass is 10.3. The summed E-state index contributed by atoms with van der Waals surface area (Å²) in [6.07, 6.45) is 1.85. The van der Waals surface area contributed by atoms with Gasteiger partial charge in [-0.05, 0) is 49.5 Å². The maximum atomic E-state index is 5.17. The molecule has 4 nitrogen and oxygen atoms in total. The first-order valence-corrected chi connectivity index (χ1v) is 6.86. The number of aromatic nitrogens is 1. The van der Waals surface area contributed by atoms with Crippen LogP contribution in [0.1, 0.15) is 12.6 Å². The van der Waals surface area contributed by atoms with Crippen LogP contribution in [0.25, 0.3) is 0 Å². The van der Waals surface area contributed by atoms with Crippen LogP contribution in [-0.4, -0.2) is 15.8 Å². The SMILES string of the molecule is C/C(=N\NC(=S)Nc1cccc(Br)c1)c1ccc[nH]1. The number of nitrogens with zero attached hydrogens (tertiary/aromatic N) is 1. The van der Waals surface area contributed by atoms with E-state index in [1.165, 1.54) is 0 Å². The molecule has 0 saturated heterocycles. The van der Waals surface area contributed by atoms with Gasteiger partial charge in [0.25, 0.3) is 0 Å². The third kappa shape index (κ3) is 4.18. The number of hydrazone groups is 1. The highest BCUT2D eigenvalue weighted by Crippen LogP contribution is 2.15. The average molecular weight is 337 g/mol. The maximum Gasteiger partial charge on any atom is 0.191 e. The molecule has 3 N–H and O–H groups in total. The van der Waals surface area contributed by atoms with Gasteiger partial charge in [0, 0.05) is 16.4 Å². The van der Waals surface area contributed by atoms with Crippen molar-refractivity contribution < 1.29 is 0 Å². The second-order valence-electron chi connectivity index (χ2n) is 3.86. The molecule has 2 aromatic rings. The smallest absolute Gasteiger partial charge is 0.191 e. The van der Waals surface area contributed by atoms with E-state index in [-0.39, 0.29) is 0 Å². The van der Waals surface area contributed by atoms with Gasteiger partial charge in [-0.15, -0.1) is 0 Å².